The molecule has 64 heavy (non-hydrogen) atoms. The van der Waals surface area contributed by atoms with Crippen molar-refractivity contribution in [3.05, 3.63) is 91.8 Å². The summed E-state index contributed by atoms with van der Waals surface area (Å²) in [5, 5.41) is 1.93. The number of piperidine rings is 2. The molecule has 6 rings (SSSR count). The number of thiophene rings is 2. The molecule has 2 fully saturated rings. The highest BCUT2D eigenvalue weighted by Crippen LogP contribution is 2.42. The van der Waals surface area contributed by atoms with E-state index in [4.69, 9.17) is 34.0 Å². The standard InChI is InChI=1S/2C21H22ClF3N2O3S.CH3F/c1-3-6-16-20(19(22)29,30-14-11-13(2)31-12-14)8-5-10-27(16)18(28)17-15(21(23,24)25)7-4-9-26-17;1-3-5-17-20(19(22)29,30-14-10-13(2)31-12-14)7-4-9-27(17)18(28)15-11-26-8-6-16(15)21(23,24)25;1-2/h4,7,9,11-12,16H,3,5-6,8,10H2,1-2H3;6,8,10-12,17H,3-5,7,9H2,1-2H3;1H3/t16-,20+;17-,20+;/m11./s1/i;;1D. The van der Waals surface area contributed by atoms with Crippen LogP contribution in [0.25, 0.3) is 0 Å². The van der Waals surface area contributed by atoms with Crippen molar-refractivity contribution in [2.24, 2.45) is 0 Å². The fraction of sp³-hybridized carbons (Fsp3) is 0.488. The van der Waals surface area contributed by atoms with E-state index in [0.29, 0.717) is 50.0 Å². The van der Waals surface area contributed by atoms with Gasteiger partial charge in [-0.2, -0.15) is 26.3 Å². The number of halogens is 9. The maximum atomic E-state index is 13.5. The first-order valence-corrected chi connectivity index (χ1v) is 22.5. The number of rotatable bonds is 12. The van der Waals surface area contributed by atoms with Crippen molar-refractivity contribution < 1.29 is 60.8 Å². The summed E-state index contributed by atoms with van der Waals surface area (Å²) in [6.45, 7) is 7.85. The molecule has 0 saturated carbocycles. The molecule has 10 nitrogen and oxygen atoms in total. The van der Waals surface area contributed by atoms with Gasteiger partial charge in [0.25, 0.3) is 22.3 Å². The molecule has 0 bridgehead atoms. The lowest BCUT2D eigenvalue weighted by molar-refractivity contribution is -0.139. The average Bonchev–Trinajstić information content (AvgIpc) is 3.87. The third-order valence-electron chi connectivity index (χ3n) is 10.7. The summed E-state index contributed by atoms with van der Waals surface area (Å²) in [4.78, 5) is 63.8. The van der Waals surface area contributed by atoms with Crippen molar-refractivity contribution in [2.45, 2.75) is 115 Å². The fourth-order valence-corrected chi connectivity index (χ4v) is 9.76. The SMILES string of the molecule is CCC[C@H]1N(C(=O)c2cnccc2C(F)(F)F)CCC[C@@]1(Oc1csc(C)c1)C(=O)Cl.CCC[C@H]1N(C(=O)c2ncccc2C(F)(F)F)CCC[C@@]1(Oc1csc(C)c1)C(=O)Cl.[2H]CF. The predicted molar refractivity (Wildman–Crippen MR) is 230 cm³/mol. The van der Waals surface area contributed by atoms with Crippen LogP contribution < -0.4 is 9.47 Å². The van der Waals surface area contributed by atoms with E-state index in [1.165, 1.54) is 32.5 Å². The summed E-state index contributed by atoms with van der Waals surface area (Å²) in [6, 6.07) is 4.61. The van der Waals surface area contributed by atoms with Crippen LogP contribution in [0, 0.1) is 13.8 Å². The molecule has 6 heterocycles. The number of alkyl halides is 7. The van der Waals surface area contributed by atoms with E-state index in [0.717, 1.165) is 46.5 Å². The molecule has 0 unspecified atom stereocenters. The number of nitrogens with zero attached hydrogens (tertiary/aromatic N) is 4. The van der Waals surface area contributed by atoms with E-state index in [-0.39, 0.29) is 25.9 Å². The van der Waals surface area contributed by atoms with Gasteiger partial charge in [-0.25, -0.2) is 0 Å². The van der Waals surface area contributed by atoms with Crippen molar-refractivity contribution in [3.8, 4) is 11.5 Å². The minimum absolute atomic E-state index is 0.176. The van der Waals surface area contributed by atoms with Gasteiger partial charge in [0.1, 0.15) is 17.2 Å². The fourth-order valence-electron chi connectivity index (χ4n) is 8.03. The van der Waals surface area contributed by atoms with Crippen molar-refractivity contribution >= 4 is 68.2 Å². The molecule has 0 radical (unpaired) electrons. The molecule has 21 heteroatoms. The first kappa shape index (κ1) is 50.7. The number of aromatic nitrogens is 2. The van der Waals surface area contributed by atoms with E-state index < -0.39 is 87.5 Å². The van der Waals surface area contributed by atoms with Gasteiger partial charge in [-0.1, -0.05) is 26.7 Å². The minimum atomic E-state index is -4.74. The van der Waals surface area contributed by atoms with Gasteiger partial charge in [0.15, 0.2) is 0 Å². The number of amides is 2. The average molecular weight is 985 g/mol. The lowest BCUT2D eigenvalue weighted by Gasteiger charge is -2.47. The Bertz CT molecular complexity index is 2110. The summed E-state index contributed by atoms with van der Waals surface area (Å²) in [6.07, 6.45) is -3.35. The molecule has 0 aromatic carbocycles. The quantitative estimate of drug-likeness (QED) is 0.102. The summed E-state index contributed by atoms with van der Waals surface area (Å²) in [5.74, 6) is -0.839. The van der Waals surface area contributed by atoms with Gasteiger partial charge in [-0.05, 0) is 106 Å². The van der Waals surface area contributed by atoms with Crippen LogP contribution in [0.5, 0.6) is 11.5 Å². The molecule has 4 atom stereocenters. The number of carbonyl (C=O) groups is 4. The number of pyridine rings is 2. The maximum absolute atomic E-state index is 13.5. The van der Waals surface area contributed by atoms with E-state index in [1.54, 1.807) is 22.9 Å². The molecular formula is C43H47Cl2F7N4O6S2. The second-order valence-corrected chi connectivity index (χ2v) is 17.9. The summed E-state index contributed by atoms with van der Waals surface area (Å²) >= 11 is 14.9. The first-order chi connectivity index (χ1) is 30.6. The van der Waals surface area contributed by atoms with E-state index in [2.05, 4.69) is 9.97 Å². The van der Waals surface area contributed by atoms with Gasteiger partial charge in [0.2, 0.25) is 11.2 Å². The van der Waals surface area contributed by atoms with Crippen LogP contribution in [0.1, 0.15) is 108 Å². The molecule has 0 N–H and O–H groups in total. The Labute approximate surface area is 385 Å². The van der Waals surface area contributed by atoms with Crippen LogP contribution in [0.3, 0.4) is 0 Å². The smallest absolute Gasteiger partial charge is 0.418 e. The topological polar surface area (TPSA) is 119 Å². The van der Waals surface area contributed by atoms with Crippen LogP contribution in [-0.2, 0) is 21.9 Å². The third kappa shape index (κ3) is 11.7. The molecule has 4 aromatic rings. The predicted octanol–water partition coefficient (Wildman–Crippen LogP) is 11.5. The van der Waals surface area contributed by atoms with Crippen LogP contribution in [-0.4, -0.2) is 85.6 Å². The van der Waals surface area contributed by atoms with Gasteiger partial charge in [0.05, 0.1) is 37.3 Å². The zero-order valence-electron chi connectivity index (χ0n) is 36.2. The van der Waals surface area contributed by atoms with Gasteiger partial charge in [0, 0.05) is 52.2 Å². The van der Waals surface area contributed by atoms with Crippen molar-refractivity contribution in [2.75, 3.05) is 20.2 Å². The Hall–Kier alpha value is -4.33. The molecule has 2 aliphatic heterocycles. The minimum Gasteiger partial charge on any atom is -0.475 e. The van der Waals surface area contributed by atoms with E-state index >= 15 is 0 Å². The van der Waals surface area contributed by atoms with Crippen molar-refractivity contribution in [3.63, 3.8) is 0 Å². The molecule has 2 aliphatic rings. The van der Waals surface area contributed by atoms with Crippen molar-refractivity contribution in [1.82, 2.24) is 19.8 Å². The lowest BCUT2D eigenvalue weighted by atomic mass is 9.82. The number of carbonyl (C=O) groups excluding carboxylic acids is 4. The molecule has 2 saturated heterocycles. The second-order valence-electron chi connectivity index (χ2n) is 14.9. The zero-order chi connectivity index (χ0) is 48.3. The number of ether oxygens (including phenoxy) is 2. The molecular weight excluding hydrogens is 937 g/mol. The Kier molecular flexibility index (Phi) is 17.6. The highest BCUT2D eigenvalue weighted by molar-refractivity contribution is 7.10. The highest BCUT2D eigenvalue weighted by atomic mass is 35.5. The largest absolute Gasteiger partial charge is 0.475 e. The van der Waals surface area contributed by atoms with Crippen LogP contribution >= 0.6 is 45.9 Å². The number of hydrogen-bond acceptors (Lipinski definition) is 10. The van der Waals surface area contributed by atoms with E-state index in [9.17, 15) is 49.9 Å². The zero-order valence-corrected chi connectivity index (χ0v) is 38.3. The normalized spacial score (nSPS) is 21.4. The van der Waals surface area contributed by atoms with Gasteiger partial charge >= 0.3 is 12.4 Å². The van der Waals surface area contributed by atoms with Gasteiger partial charge in [-0.15, -0.1) is 22.7 Å². The monoisotopic (exact) mass is 983 g/mol. The Morgan fingerprint density at radius 1 is 0.797 bits per heavy atom. The molecule has 0 aliphatic carbocycles. The van der Waals surface area contributed by atoms with Crippen LogP contribution in [0.2, 0.25) is 0 Å². The third-order valence-corrected chi connectivity index (χ3v) is 13.0. The van der Waals surface area contributed by atoms with Crippen molar-refractivity contribution in [1.29, 1.82) is 0 Å². The summed E-state index contributed by atoms with van der Waals surface area (Å²) in [5.41, 5.74) is -6.52. The second kappa shape index (κ2) is 22.2. The van der Waals surface area contributed by atoms with Gasteiger partial charge < -0.3 is 19.3 Å². The molecule has 350 valence electrons. The Balaban J connectivity index is 0.000000268. The van der Waals surface area contributed by atoms with Crippen LogP contribution in [0.15, 0.2) is 59.7 Å². The number of likely N-dealkylation sites (tertiary alicyclic amines) is 2. The Morgan fingerprint density at radius 3 is 1.67 bits per heavy atom. The first-order valence-electron chi connectivity index (χ1n) is 20.7. The summed E-state index contributed by atoms with van der Waals surface area (Å²) < 4.78 is 109. The number of aryl methyl sites for hydroxylation is 2. The molecule has 0 spiro atoms. The van der Waals surface area contributed by atoms with Crippen LogP contribution in [0.4, 0.5) is 30.7 Å². The lowest BCUT2D eigenvalue weighted by Crippen LogP contribution is -2.64. The Morgan fingerprint density at radius 2 is 1.27 bits per heavy atom. The summed E-state index contributed by atoms with van der Waals surface area (Å²) in [7, 11) is -1.00. The number of hydrogen-bond donors (Lipinski definition) is 0. The highest BCUT2D eigenvalue weighted by Gasteiger charge is 2.55. The van der Waals surface area contributed by atoms with Gasteiger partial charge in [-0.3, -0.25) is 33.5 Å². The van der Waals surface area contributed by atoms with E-state index in [1.807, 2.05) is 27.7 Å². The molecule has 2 amide bonds. The maximum Gasteiger partial charge on any atom is 0.418 e. The molecule has 4 aromatic heterocycles.